The van der Waals surface area contributed by atoms with Crippen molar-refractivity contribution in [3.05, 3.63) is 60.1 Å². The Balaban J connectivity index is 2.29. The molecule has 1 nitrogen and oxygen atoms in total. The van der Waals surface area contributed by atoms with Gasteiger partial charge in [0.25, 0.3) is 0 Å². The molecule has 2 rings (SSSR count). The van der Waals surface area contributed by atoms with E-state index in [4.69, 9.17) is 4.42 Å². The van der Waals surface area contributed by atoms with E-state index in [1.165, 1.54) is 0 Å². The van der Waals surface area contributed by atoms with Crippen LogP contribution in [0.25, 0.3) is 0 Å². The van der Waals surface area contributed by atoms with Crippen molar-refractivity contribution in [2.45, 2.75) is 12.8 Å². The number of hydrogen-bond donors (Lipinski definition) is 0. The van der Waals surface area contributed by atoms with Crippen LogP contribution in [-0.4, -0.2) is 0 Å². The summed E-state index contributed by atoms with van der Waals surface area (Å²) in [6.07, 6.45) is 1.70. The summed E-state index contributed by atoms with van der Waals surface area (Å²) in [5.74, 6) is 1.28. The molecule has 1 heteroatoms. The largest absolute Gasteiger partial charge is 0.469 e. The first kappa shape index (κ1) is 8.11. The molecule has 0 aliphatic heterocycles. The molecule has 1 unspecified atom stereocenters. The van der Waals surface area contributed by atoms with Gasteiger partial charge in [0.05, 0.1) is 6.26 Å². The second-order valence-electron chi connectivity index (χ2n) is 3.06. The summed E-state index contributed by atoms with van der Waals surface area (Å²) in [7, 11) is 0. The number of furan rings is 1. The molecule has 1 aromatic heterocycles. The zero-order chi connectivity index (χ0) is 9.10. The fraction of sp³-hybridized carbons (Fsp3) is 0.167. The molecule has 0 N–H and O–H groups in total. The summed E-state index contributed by atoms with van der Waals surface area (Å²) >= 11 is 0. The molecule has 1 atom stereocenters. The van der Waals surface area contributed by atoms with Crippen LogP contribution in [-0.2, 0) is 0 Å². The maximum atomic E-state index is 5.33. The Hall–Kier alpha value is -1.50. The summed E-state index contributed by atoms with van der Waals surface area (Å²) in [5, 5.41) is 0. The lowest BCUT2D eigenvalue weighted by Gasteiger charge is -2.07. The molecule has 0 bridgehead atoms. The molecule has 1 radical (unpaired) electrons. The van der Waals surface area contributed by atoms with Crippen LogP contribution in [0.5, 0.6) is 0 Å². The first-order valence-corrected chi connectivity index (χ1v) is 4.38. The van der Waals surface area contributed by atoms with Crippen LogP contribution in [0.3, 0.4) is 0 Å². The average molecular weight is 171 g/mol. The predicted octanol–water partition coefficient (Wildman–Crippen LogP) is 3.23. The van der Waals surface area contributed by atoms with E-state index in [1.807, 2.05) is 30.3 Å². The molecule has 65 valence electrons. The first-order valence-electron chi connectivity index (χ1n) is 4.38. The molecule has 1 aromatic carbocycles. The van der Waals surface area contributed by atoms with E-state index >= 15 is 0 Å². The van der Waals surface area contributed by atoms with E-state index < -0.39 is 0 Å². The second-order valence-corrected chi connectivity index (χ2v) is 3.06. The van der Waals surface area contributed by atoms with Crippen LogP contribution < -0.4 is 0 Å². The van der Waals surface area contributed by atoms with Crippen molar-refractivity contribution in [2.24, 2.45) is 0 Å². The maximum Gasteiger partial charge on any atom is 0.110 e. The third-order valence-corrected chi connectivity index (χ3v) is 2.17. The van der Waals surface area contributed by atoms with Gasteiger partial charge in [0, 0.05) is 5.92 Å². The summed E-state index contributed by atoms with van der Waals surface area (Å²) < 4.78 is 5.33. The summed E-state index contributed by atoms with van der Waals surface area (Å²) in [6, 6.07) is 15.1. The Labute approximate surface area is 78.0 Å². The number of hydrogen-bond acceptors (Lipinski definition) is 1. The molecular formula is C12H11O. The Morgan fingerprint density at radius 3 is 2.77 bits per heavy atom. The number of benzene rings is 1. The minimum absolute atomic E-state index is 0.288. The Morgan fingerprint density at radius 2 is 2.15 bits per heavy atom. The predicted molar refractivity (Wildman–Crippen MR) is 51.5 cm³/mol. The molecule has 1 heterocycles. The van der Waals surface area contributed by atoms with Gasteiger partial charge < -0.3 is 4.42 Å². The second kappa shape index (κ2) is 3.48. The van der Waals surface area contributed by atoms with E-state index in [0.717, 1.165) is 11.3 Å². The maximum absolute atomic E-state index is 5.33. The standard InChI is InChI=1S/C12H11O/c1-10(12-8-5-9-13-12)11-6-3-2-4-7-11/h2-6,8-10H,1H3. The smallest absolute Gasteiger partial charge is 0.110 e. The minimum atomic E-state index is 0.288. The van der Waals surface area contributed by atoms with Gasteiger partial charge in [0.1, 0.15) is 5.76 Å². The Bertz CT molecular complexity index is 348. The van der Waals surface area contributed by atoms with Gasteiger partial charge in [-0.05, 0) is 23.8 Å². The molecular weight excluding hydrogens is 160 g/mol. The third kappa shape index (κ3) is 1.64. The molecule has 13 heavy (non-hydrogen) atoms. The highest BCUT2D eigenvalue weighted by atomic mass is 16.3. The van der Waals surface area contributed by atoms with Crippen molar-refractivity contribution in [1.29, 1.82) is 0 Å². The van der Waals surface area contributed by atoms with Crippen LogP contribution >= 0.6 is 0 Å². The topological polar surface area (TPSA) is 13.1 Å². The van der Waals surface area contributed by atoms with Crippen molar-refractivity contribution in [2.75, 3.05) is 0 Å². The molecule has 2 aromatic rings. The molecule has 0 aliphatic rings. The van der Waals surface area contributed by atoms with Gasteiger partial charge in [-0.2, -0.15) is 0 Å². The van der Waals surface area contributed by atoms with Gasteiger partial charge in [-0.1, -0.05) is 31.2 Å². The van der Waals surface area contributed by atoms with E-state index in [1.54, 1.807) is 6.26 Å². The summed E-state index contributed by atoms with van der Waals surface area (Å²) in [5.41, 5.74) is 1.16. The zero-order valence-electron chi connectivity index (χ0n) is 7.53. The summed E-state index contributed by atoms with van der Waals surface area (Å²) in [6.45, 7) is 2.12. The SMILES string of the molecule is CC(c1[c]cccc1)c1ccco1. The lowest BCUT2D eigenvalue weighted by molar-refractivity contribution is 0.495. The molecule has 0 fully saturated rings. The Morgan fingerprint density at radius 1 is 1.23 bits per heavy atom. The molecule has 0 aliphatic carbocycles. The van der Waals surface area contributed by atoms with Crippen LogP contribution in [0, 0.1) is 6.07 Å². The van der Waals surface area contributed by atoms with Gasteiger partial charge in [0.2, 0.25) is 0 Å². The van der Waals surface area contributed by atoms with E-state index in [0.29, 0.717) is 0 Å². The van der Waals surface area contributed by atoms with Crippen molar-refractivity contribution in [3.63, 3.8) is 0 Å². The normalized spacial score (nSPS) is 12.7. The van der Waals surface area contributed by atoms with Crippen LogP contribution in [0.4, 0.5) is 0 Å². The highest BCUT2D eigenvalue weighted by Crippen LogP contribution is 2.23. The van der Waals surface area contributed by atoms with E-state index in [9.17, 15) is 0 Å². The molecule has 0 saturated heterocycles. The van der Waals surface area contributed by atoms with Crippen molar-refractivity contribution < 1.29 is 4.42 Å². The number of rotatable bonds is 2. The minimum Gasteiger partial charge on any atom is -0.469 e. The zero-order valence-corrected chi connectivity index (χ0v) is 7.53. The van der Waals surface area contributed by atoms with E-state index in [2.05, 4.69) is 19.1 Å². The molecule has 0 amide bonds. The monoisotopic (exact) mass is 171 g/mol. The van der Waals surface area contributed by atoms with E-state index in [-0.39, 0.29) is 5.92 Å². The van der Waals surface area contributed by atoms with Gasteiger partial charge in [-0.25, -0.2) is 0 Å². The summed E-state index contributed by atoms with van der Waals surface area (Å²) in [4.78, 5) is 0. The van der Waals surface area contributed by atoms with Crippen LogP contribution in [0.2, 0.25) is 0 Å². The lowest BCUT2D eigenvalue weighted by atomic mass is 9.99. The average Bonchev–Trinajstić information content (AvgIpc) is 2.71. The van der Waals surface area contributed by atoms with Gasteiger partial charge in [-0.15, -0.1) is 0 Å². The Kier molecular flexibility index (Phi) is 2.17. The highest BCUT2D eigenvalue weighted by Gasteiger charge is 2.09. The van der Waals surface area contributed by atoms with Gasteiger partial charge in [-0.3, -0.25) is 0 Å². The quantitative estimate of drug-likeness (QED) is 0.676. The lowest BCUT2D eigenvalue weighted by Crippen LogP contribution is -1.93. The molecule has 0 saturated carbocycles. The van der Waals surface area contributed by atoms with Crippen LogP contribution in [0.15, 0.2) is 47.1 Å². The van der Waals surface area contributed by atoms with Crippen molar-refractivity contribution in [1.82, 2.24) is 0 Å². The third-order valence-electron chi connectivity index (χ3n) is 2.17. The fourth-order valence-electron chi connectivity index (χ4n) is 1.37. The first-order chi connectivity index (χ1) is 6.38. The van der Waals surface area contributed by atoms with Crippen molar-refractivity contribution >= 4 is 0 Å². The van der Waals surface area contributed by atoms with Crippen LogP contribution in [0.1, 0.15) is 24.2 Å². The van der Waals surface area contributed by atoms with Crippen molar-refractivity contribution in [3.8, 4) is 0 Å². The van der Waals surface area contributed by atoms with Gasteiger partial charge in [0.15, 0.2) is 0 Å². The highest BCUT2D eigenvalue weighted by molar-refractivity contribution is 5.24. The molecule has 0 spiro atoms. The van der Waals surface area contributed by atoms with Gasteiger partial charge >= 0.3 is 0 Å². The fourth-order valence-corrected chi connectivity index (χ4v) is 1.37.